The van der Waals surface area contributed by atoms with E-state index in [1.165, 1.54) is 0 Å². The van der Waals surface area contributed by atoms with Crippen LogP contribution in [0.25, 0.3) is 0 Å². The van der Waals surface area contributed by atoms with Crippen LogP contribution in [0.5, 0.6) is 11.5 Å². The van der Waals surface area contributed by atoms with Crippen molar-refractivity contribution in [2.75, 3.05) is 13.7 Å². The van der Waals surface area contributed by atoms with Gasteiger partial charge in [-0.2, -0.15) is 0 Å². The van der Waals surface area contributed by atoms with Crippen molar-refractivity contribution in [2.45, 2.75) is 20.0 Å². The predicted octanol–water partition coefficient (Wildman–Crippen LogP) is 3.30. The highest BCUT2D eigenvalue weighted by Crippen LogP contribution is 2.37. The summed E-state index contributed by atoms with van der Waals surface area (Å²) >= 11 is 5.16. The Morgan fingerprint density at radius 2 is 2.20 bits per heavy atom. The molecule has 0 saturated carbocycles. The number of rotatable bonds is 6. The first-order chi connectivity index (χ1) is 9.63. The third kappa shape index (κ3) is 3.71. The summed E-state index contributed by atoms with van der Waals surface area (Å²) in [5, 5.41) is 1.04. The molecule has 6 heteroatoms. The van der Waals surface area contributed by atoms with Crippen LogP contribution in [-0.4, -0.2) is 18.6 Å². The van der Waals surface area contributed by atoms with Crippen LogP contribution in [0, 0.1) is 6.92 Å². The number of methoxy groups -OCH3 is 1. The number of nitrogens with two attached hydrogens (primary N) is 1. The van der Waals surface area contributed by atoms with E-state index < -0.39 is 0 Å². The molecule has 2 aromatic rings. The van der Waals surface area contributed by atoms with Gasteiger partial charge >= 0.3 is 0 Å². The predicted molar refractivity (Wildman–Crippen MR) is 84.6 cm³/mol. The lowest BCUT2D eigenvalue weighted by Gasteiger charge is -2.13. The molecule has 1 aromatic carbocycles. The third-order valence-electron chi connectivity index (χ3n) is 2.75. The summed E-state index contributed by atoms with van der Waals surface area (Å²) in [6, 6.07) is 3.98. The van der Waals surface area contributed by atoms with Crippen molar-refractivity contribution >= 4 is 27.3 Å². The first kappa shape index (κ1) is 15.3. The molecule has 0 aliphatic carbocycles. The molecule has 0 unspecified atom stereocenters. The van der Waals surface area contributed by atoms with E-state index >= 15 is 0 Å². The van der Waals surface area contributed by atoms with Gasteiger partial charge in [0.15, 0.2) is 11.5 Å². The van der Waals surface area contributed by atoms with E-state index in [0.29, 0.717) is 24.7 Å². The molecule has 1 heterocycles. The van der Waals surface area contributed by atoms with Crippen molar-refractivity contribution in [1.82, 2.24) is 4.98 Å². The molecule has 2 rings (SSSR count). The van der Waals surface area contributed by atoms with Crippen LogP contribution < -0.4 is 15.2 Å². The summed E-state index contributed by atoms with van der Waals surface area (Å²) in [6.45, 7) is 3.07. The number of aryl methyl sites for hydroxylation is 1. The minimum absolute atomic E-state index is 0.483. The van der Waals surface area contributed by atoms with Gasteiger partial charge in [-0.3, -0.25) is 0 Å². The number of hydrogen-bond donors (Lipinski definition) is 1. The molecule has 0 amide bonds. The fraction of sp³-hybridized carbons (Fsp3) is 0.357. The summed E-state index contributed by atoms with van der Waals surface area (Å²) in [6.07, 6.45) is 2.65. The van der Waals surface area contributed by atoms with Crippen LogP contribution in [0.15, 0.2) is 22.8 Å². The largest absolute Gasteiger partial charge is 0.493 e. The second-order valence-corrected chi connectivity index (χ2v) is 6.46. The van der Waals surface area contributed by atoms with Crippen molar-refractivity contribution in [1.29, 1.82) is 0 Å². The number of thiazole rings is 1. The summed E-state index contributed by atoms with van der Waals surface area (Å²) in [5.74, 6) is 1.42. The van der Waals surface area contributed by atoms with Gasteiger partial charge in [0, 0.05) is 6.20 Å². The van der Waals surface area contributed by atoms with Gasteiger partial charge in [0.2, 0.25) is 0 Å². The second-order valence-electron chi connectivity index (χ2n) is 4.28. The molecule has 0 spiro atoms. The Morgan fingerprint density at radius 1 is 1.40 bits per heavy atom. The topological polar surface area (TPSA) is 57.4 Å². The molecule has 0 bridgehead atoms. The number of ether oxygens (including phenoxy) is 2. The van der Waals surface area contributed by atoms with Gasteiger partial charge in [-0.05, 0) is 53.5 Å². The summed E-state index contributed by atoms with van der Waals surface area (Å²) in [7, 11) is 1.64. The first-order valence-electron chi connectivity index (χ1n) is 6.24. The van der Waals surface area contributed by atoms with Gasteiger partial charge in [-0.1, -0.05) is 0 Å². The molecular formula is C14H17BrN2O2S. The molecule has 108 valence electrons. The Kier molecular flexibility index (Phi) is 5.39. The van der Waals surface area contributed by atoms with Crippen LogP contribution in [0.1, 0.15) is 15.4 Å². The number of halogens is 1. The lowest BCUT2D eigenvalue weighted by Crippen LogP contribution is -2.04. The van der Waals surface area contributed by atoms with E-state index in [4.69, 9.17) is 15.2 Å². The number of hydrogen-bond acceptors (Lipinski definition) is 5. The monoisotopic (exact) mass is 356 g/mol. The quantitative estimate of drug-likeness (QED) is 0.862. The maximum Gasteiger partial charge on any atom is 0.175 e. The van der Waals surface area contributed by atoms with Crippen molar-refractivity contribution < 1.29 is 9.47 Å². The average molecular weight is 357 g/mol. The molecule has 20 heavy (non-hydrogen) atoms. The fourth-order valence-corrected chi connectivity index (χ4v) is 3.15. The maximum absolute atomic E-state index is 5.86. The zero-order valence-corrected chi connectivity index (χ0v) is 13.9. The molecule has 2 N–H and O–H groups in total. The highest BCUT2D eigenvalue weighted by Gasteiger charge is 2.12. The SMILES string of the molecule is COc1cc(CCN)cc(Br)c1OCc1cnc(C)s1. The standard InChI is InChI=1S/C14H17BrN2O2S/c1-9-17-7-11(20-9)8-19-14-12(15)5-10(3-4-16)6-13(14)18-2/h5-7H,3-4,8,16H2,1-2H3. The van der Waals surface area contributed by atoms with E-state index in [-0.39, 0.29) is 0 Å². The van der Waals surface area contributed by atoms with E-state index in [1.54, 1.807) is 18.4 Å². The van der Waals surface area contributed by atoms with Crippen molar-refractivity contribution in [3.05, 3.63) is 38.3 Å². The van der Waals surface area contributed by atoms with Crippen molar-refractivity contribution in [2.24, 2.45) is 5.73 Å². The Morgan fingerprint density at radius 3 is 2.80 bits per heavy atom. The molecule has 0 atom stereocenters. The Bertz CT molecular complexity index is 587. The zero-order valence-electron chi connectivity index (χ0n) is 11.5. The second kappa shape index (κ2) is 7.06. The molecule has 0 saturated heterocycles. The third-order valence-corrected chi connectivity index (χ3v) is 4.23. The molecule has 0 aliphatic heterocycles. The van der Waals surface area contributed by atoms with E-state index in [0.717, 1.165) is 26.3 Å². The van der Waals surface area contributed by atoms with Crippen LogP contribution in [0.2, 0.25) is 0 Å². The van der Waals surface area contributed by atoms with Gasteiger partial charge in [-0.15, -0.1) is 11.3 Å². The number of benzene rings is 1. The van der Waals surface area contributed by atoms with Gasteiger partial charge < -0.3 is 15.2 Å². The molecular weight excluding hydrogens is 340 g/mol. The van der Waals surface area contributed by atoms with Gasteiger partial charge in [0.25, 0.3) is 0 Å². The maximum atomic E-state index is 5.86. The highest BCUT2D eigenvalue weighted by molar-refractivity contribution is 9.10. The molecule has 4 nitrogen and oxygen atoms in total. The van der Waals surface area contributed by atoms with Gasteiger partial charge in [0.05, 0.1) is 21.5 Å². The Hall–Kier alpha value is -1.11. The summed E-state index contributed by atoms with van der Waals surface area (Å²) in [5.41, 5.74) is 6.71. The fourth-order valence-electron chi connectivity index (χ4n) is 1.84. The molecule has 1 aromatic heterocycles. The average Bonchev–Trinajstić information content (AvgIpc) is 2.83. The zero-order chi connectivity index (χ0) is 14.5. The lowest BCUT2D eigenvalue weighted by molar-refractivity contribution is 0.285. The molecule has 0 fully saturated rings. The smallest absolute Gasteiger partial charge is 0.175 e. The number of nitrogens with zero attached hydrogens (tertiary/aromatic N) is 1. The molecule has 0 radical (unpaired) electrons. The van der Waals surface area contributed by atoms with Crippen molar-refractivity contribution in [3.8, 4) is 11.5 Å². The Balaban J connectivity index is 2.17. The van der Waals surface area contributed by atoms with Gasteiger partial charge in [0.1, 0.15) is 6.61 Å². The summed E-state index contributed by atoms with van der Waals surface area (Å²) in [4.78, 5) is 5.30. The van der Waals surface area contributed by atoms with E-state index in [2.05, 4.69) is 20.9 Å². The molecule has 0 aliphatic rings. The van der Waals surface area contributed by atoms with Crippen LogP contribution >= 0.6 is 27.3 Å². The highest BCUT2D eigenvalue weighted by atomic mass is 79.9. The van der Waals surface area contributed by atoms with E-state index in [1.807, 2.05) is 25.3 Å². The minimum Gasteiger partial charge on any atom is -0.493 e. The first-order valence-corrected chi connectivity index (χ1v) is 7.85. The normalized spacial score (nSPS) is 10.6. The van der Waals surface area contributed by atoms with Crippen LogP contribution in [0.3, 0.4) is 0 Å². The number of aromatic nitrogens is 1. The minimum atomic E-state index is 0.483. The lowest BCUT2D eigenvalue weighted by atomic mass is 10.1. The van der Waals surface area contributed by atoms with Crippen LogP contribution in [-0.2, 0) is 13.0 Å². The van der Waals surface area contributed by atoms with Gasteiger partial charge in [-0.25, -0.2) is 4.98 Å². The van der Waals surface area contributed by atoms with E-state index in [9.17, 15) is 0 Å². The van der Waals surface area contributed by atoms with Crippen LogP contribution in [0.4, 0.5) is 0 Å². The Labute approximate surface area is 131 Å². The van der Waals surface area contributed by atoms with Crippen molar-refractivity contribution in [3.63, 3.8) is 0 Å². The summed E-state index contributed by atoms with van der Waals surface area (Å²) < 4.78 is 12.1.